The van der Waals surface area contributed by atoms with Gasteiger partial charge in [-0.2, -0.15) is 13.2 Å². The molecule has 0 aliphatic carbocycles. The number of halogens is 3. The minimum atomic E-state index is -4.61. The Labute approximate surface area is 155 Å². The van der Waals surface area contributed by atoms with Crippen LogP contribution in [0.1, 0.15) is 28.7 Å². The molecule has 2 N–H and O–H groups in total. The van der Waals surface area contributed by atoms with E-state index in [0.29, 0.717) is 0 Å². The van der Waals surface area contributed by atoms with Crippen LogP contribution in [0.3, 0.4) is 0 Å². The number of fused-ring (bicyclic) bond motifs is 1. The van der Waals surface area contributed by atoms with Crippen LogP contribution in [-0.4, -0.2) is 25.3 Å². The number of nitrogens with one attached hydrogen (secondary N) is 1. The van der Waals surface area contributed by atoms with Gasteiger partial charge >= 0.3 is 6.18 Å². The van der Waals surface area contributed by atoms with Crippen molar-refractivity contribution in [2.24, 2.45) is 0 Å². The lowest BCUT2D eigenvalue weighted by atomic mass is 10.2. The van der Waals surface area contributed by atoms with E-state index in [1.807, 2.05) is 0 Å². The van der Waals surface area contributed by atoms with Crippen molar-refractivity contribution in [3.05, 3.63) is 63.6 Å². The molecule has 0 fully saturated rings. The lowest BCUT2D eigenvalue weighted by molar-refractivity contribution is -0.384. The fraction of sp³-hybridized carbons (Fsp3) is 0.176. The van der Waals surface area contributed by atoms with Gasteiger partial charge < -0.3 is 10.4 Å². The first-order valence-corrected chi connectivity index (χ1v) is 7.98. The number of amides is 1. The van der Waals surface area contributed by atoms with E-state index in [2.05, 4.69) is 10.3 Å². The molecule has 2 aromatic heterocycles. The van der Waals surface area contributed by atoms with Crippen molar-refractivity contribution in [3.63, 3.8) is 0 Å². The van der Waals surface area contributed by atoms with Crippen molar-refractivity contribution < 1.29 is 28.0 Å². The largest absolute Gasteiger partial charge is 0.506 e. The molecule has 3 aromatic rings. The Morgan fingerprint density at radius 2 is 2.04 bits per heavy atom. The molecule has 0 saturated carbocycles. The van der Waals surface area contributed by atoms with Crippen LogP contribution in [0.4, 0.5) is 24.5 Å². The standard InChI is InChI=1S/C17H13F3N4O4/c1-2-11-15(23-8-9(17(18,19)20)3-6-14(23)21-11)16(26)22-12-7-10(24(27)28)4-5-13(12)25/h3-8,25H,2H2,1H3,(H,22,26). The van der Waals surface area contributed by atoms with Gasteiger partial charge in [-0.1, -0.05) is 6.92 Å². The highest BCUT2D eigenvalue weighted by Gasteiger charge is 2.32. The third-order valence-electron chi connectivity index (χ3n) is 4.01. The number of benzene rings is 1. The number of carbonyl (C=O) groups is 1. The number of pyridine rings is 1. The summed E-state index contributed by atoms with van der Waals surface area (Å²) >= 11 is 0. The Balaban J connectivity index is 2.08. The van der Waals surface area contributed by atoms with Gasteiger partial charge in [0, 0.05) is 18.3 Å². The highest BCUT2D eigenvalue weighted by atomic mass is 19.4. The van der Waals surface area contributed by atoms with E-state index < -0.39 is 28.3 Å². The molecule has 0 aliphatic heterocycles. The molecule has 146 valence electrons. The number of aryl methyl sites for hydroxylation is 1. The monoisotopic (exact) mass is 394 g/mol. The average Bonchev–Trinajstić information content (AvgIpc) is 3.00. The van der Waals surface area contributed by atoms with E-state index >= 15 is 0 Å². The zero-order valence-corrected chi connectivity index (χ0v) is 14.3. The van der Waals surface area contributed by atoms with Gasteiger partial charge in [-0.15, -0.1) is 0 Å². The van der Waals surface area contributed by atoms with Gasteiger partial charge in [0.05, 0.1) is 21.9 Å². The number of aromatic hydroxyl groups is 1. The number of aromatic nitrogens is 2. The summed E-state index contributed by atoms with van der Waals surface area (Å²) < 4.78 is 40.1. The van der Waals surface area contributed by atoms with E-state index in [4.69, 9.17) is 0 Å². The number of nitro groups is 1. The number of rotatable bonds is 4. The fourth-order valence-electron chi connectivity index (χ4n) is 2.67. The number of imidazole rings is 1. The molecule has 0 bridgehead atoms. The van der Waals surface area contributed by atoms with Crippen molar-refractivity contribution in [1.82, 2.24) is 9.38 Å². The molecule has 3 rings (SSSR count). The van der Waals surface area contributed by atoms with Gasteiger partial charge in [-0.3, -0.25) is 19.3 Å². The molecule has 1 amide bonds. The first kappa shape index (κ1) is 19.1. The summed E-state index contributed by atoms with van der Waals surface area (Å²) in [7, 11) is 0. The summed E-state index contributed by atoms with van der Waals surface area (Å²) in [6, 6.07) is 5.03. The zero-order valence-electron chi connectivity index (χ0n) is 14.3. The number of carbonyl (C=O) groups excluding carboxylic acids is 1. The number of nitrogens with zero attached hydrogens (tertiary/aromatic N) is 3. The number of nitro benzene ring substituents is 1. The summed E-state index contributed by atoms with van der Waals surface area (Å²) in [5, 5.41) is 23.0. The topological polar surface area (TPSA) is 110 Å². The quantitative estimate of drug-likeness (QED) is 0.398. The summed E-state index contributed by atoms with van der Waals surface area (Å²) in [5.74, 6) is -1.29. The predicted molar refractivity (Wildman–Crippen MR) is 92.3 cm³/mol. The fourth-order valence-corrected chi connectivity index (χ4v) is 2.67. The second kappa shape index (κ2) is 6.83. The predicted octanol–water partition coefficient (Wildman–Crippen LogP) is 3.78. The first-order valence-electron chi connectivity index (χ1n) is 7.98. The van der Waals surface area contributed by atoms with Crippen LogP contribution in [0, 0.1) is 10.1 Å². The molecule has 0 spiro atoms. The van der Waals surface area contributed by atoms with Crippen LogP contribution < -0.4 is 5.32 Å². The summed E-state index contributed by atoms with van der Waals surface area (Å²) in [6.45, 7) is 1.67. The van der Waals surface area contributed by atoms with Crippen molar-refractivity contribution in [2.45, 2.75) is 19.5 Å². The number of anilines is 1. The van der Waals surface area contributed by atoms with E-state index in [9.17, 15) is 33.2 Å². The van der Waals surface area contributed by atoms with E-state index in [0.717, 1.165) is 40.9 Å². The molecule has 0 unspecified atom stereocenters. The Morgan fingerprint density at radius 3 is 2.64 bits per heavy atom. The smallest absolute Gasteiger partial charge is 0.417 e. The molecule has 0 aliphatic rings. The molecular formula is C17H13F3N4O4. The van der Waals surface area contributed by atoms with E-state index in [-0.39, 0.29) is 34.8 Å². The first-order chi connectivity index (χ1) is 13.1. The van der Waals surface area contributed by atoms with Gasteiger partial charge in [0.1, 0.15) is 17.1 Å². The van der Waals surface area contributed by atoms with Crippen molar-refractivity contribution in [2.75, 3.05) is 5.32 Å². The van der Waals surface area contributed by atoms with Crippen LogP contribution in [0.2, 0.25) is 0 Å². The maximum atomic E-state index is 13.0. The van der Waals surface area contributed by atoms with E-state index in [1.54, 1.807) is 6.92 Å². The third-order valence-corrected chi connectivity index (χ3v) is 4.01. The number of phenols is 1. The maximum absolute atomic E-state index is 13.0. The number of hydrogen-bond acceptors (Lipinski definition) is 5. The zero-order chi connectivity index (χ0) is 20.6. The SMILES string of the molecule is CCc1nc2ccc(C(F)(F)F)cn2c1C(=O)Nc1cc([N+](=O)[O-])ccc1O. The second-order valence-electron chi connectivity index (χ2n) is 5.82. The second-order valence-corrected chi connectivity index (χ2v) is 5.82. The van der Waals surface area contributed by atoms with Crippen molar-refractivity contribution >= 4 is 22.9 Å². The lowest BCUT2D eigenvalue weighted by Gasteiger charge is -2.10. The van der Waals surface area contributed by atoms with E-state index in [1.165, 1.54) is 0 Å². The highest BCUT2D eigenvalue weighted by molar-refractivity contribution is 6.05. The van der Waals surface area contributed by atoms with Gasteiger partial charge in [-0.05, 0) is 24.6 Å². The Bertz CT molecular complexity index is 1090. The molecular weight excluding hydrogens is 381 g/mol. The molecule has 11 heteroatoms. The Kier molecular flexibility index (Phi) is 4.67. The summed E-state index contributed by atoms with van der Waals surface area (Å²) in [5.41, 5.74) is -1.37. The molecule has 0 saturated heterocycles. The van der Waals surface area contributed by atoms with Crippen LogP contribution in [-0.2, 0) is 12.6 Å². The van der Waals surface area contributed by atoms with Gasteiger partial charge in [0.25, 0.3) is 11.6 Å². The summed E-state index contributed by atoms with van der Waals surface area (Å²) in [4.78, 5) is 27.0. The van der Waals surface area contributed by atoms with Crippen LogP contribution >= 0.6 is 0 Å². The number of phenolic OH excluding ortho intramolecular Hbond substituents is 1. The Morgan fingerprint density at radius 1 is 1.32 bits per heavy atom. The third kappa shape index (κ3) is 3.46. The lowest BCUT2D eigenvalue weighted by Crippen LogP contribution is -2.17. The summed E-state index contributed by atoms with van der Waals surface area (Å²) in [6.07, 6.45) is -3.60. The molecule has 28 heavy (non-hydrogen) atoms. The molecule has 0 radical (unpaired) electrons. The molecule has 1 aromatic carbocycles. The van der Waals surface area contributed by atoms with Gasteiger partial charge in [0.2, 0.25) is 0 Å². The van der Waals surface area contributed by atoms with Gasteiger partial charge in [-0.25, -0.2) is 4.98 Å². The van der Waals surface area contributed by atoms with Crippen molar-refractivity contribution in [1.29, 1.82) is 0 Å². The number of non-ortho nitro benzene ring substituents is 1. The average molecular weight is 394 g/mol. The molecule has 2 heterocycles. The van der Waals surface area contributed by atoms with Crippen LogP contribution in [0.25, 0.3) is 5.65 Å². The van der Waals surface area contributed by atoms with Crippen molar-refractivity contribution in [3.8, 4) is 5.75 Å². The van der Waals surface area contributed by atoms with Gasteiger partial charge in [0.15, 0.2) is 0 Å². The number of hydrogen-bond donors (Lipinski definition) is 2. The minimum Gasteiger partial charge on any atom is -0.506 e. The molecule has 0 atom stereocenters. The maximum Gasteiger partial charge on any atom is 0.417 e. The number of alkyl halides is 3. The Hall–Kier alpha value is -3.63. The van der Waals surface area contributed by atoms with Crippen LogP contribution in [0.5, 0.6) is 5.75 Å². The molecule has 8 nitrogen and oxygen atoms in total. The minimum absolute atomic E-state index is 0.137. The highest BCUT2D eigenvalue weighted by Crippen LogP contribution is 2.31. The van der Waals surface area contributed by atoms with Crippen LogP contribution in [0.15, 0.2) is 36.5 Å². The normalized spacial score (nSPS) is 11.6.